The molecule has 0 aromatic heterocycles. The van der Waals surface area contributed by atoms with Crippen molar-refractivity contribution in [1.29, 1.82) is 0 Å². The molecule has 2 rings (SSSR count). The fraction of sp³-hybridized carbons (Fsp3) is 0. The number of hydrogen-bond acceptors (Lipinski definition) is 3. The van der Waals surface area contributed by atoms with Gasteiger partial charge in [0.2, 0.25) is 0 Å². The summed E-state index contributed by atoms with van der Waals surface area (Å²) in [7, 11) is 0. The maximum absolute atomic E-state index is 13.0. The van der Waals surface area contributed by atoms with Gasteiger partial charge < -0.3 is 16.2 Å². The van der Waals surface area contributed by atoms with Gasteiger partial charge in [-0.2, -0.15) is 0 Å². The van der Waals surface area contributed by atoms with Crippen LogP contribution in [0.4, 0.5) is 21.5 Å². The number of carboxylic acid groups (broad SMARTS) is 1. The average Bonchev–Trinajstić information content (AvgIpc) is 2.34. The number of aromatic carboxylic acids is 1. The van der Waals surface area contributed by atoms with E-state index < -0.39 is 11.8 Å². The molecule has 4 N–H and O–H groups in total. The Morgan fingerprint density at radius 3 is 2.53 bits per heavy atom. The molecule has 0 bridgehead atoms. The number of nitrogens with one attached hydrogen (secondary N) is 1. The third kappa shape index (κ3) is 2.95. The van der Waals surface area contributed by atoms with Gasteiger partial charge in [0.05, 0.1) is 22.6 Å². The molecule has 0 saturated heterocycles. The predicted molar refractivity (Wildman–Crippen MR) is 72.5 cm³/mol. The Labute approximate surface area is 113 Å². The van der Waals surface area contributed by atoms with Crippen molar-refractivity contribution in [2.24, 2.45) is 0 Å². The largest absolute Gasteiger partial charge is 0.478 e. The van der Waals surface area contributed by atoms with E-state index in [0.29, 0.717) is 16.4 Å². The van der Waals surface area contributed by atoms with E-state index in [1.54, 1.807) is 12.1 Å². The summed E-state index contributed by atoms with van der Waals surface area (Å²) < 4.78 is 13.0. The summed E-state index contributed by atoms with van der Waals surface area (Å²) >= 11 is 5.77. The van der Waals surface area contributed by atoms with Gasteiger partial charge in [0.25, 0.3) is 0 Å². The lowest BCUT2D eigenvalue weighted by molar-refractivity contribution is 0.0697. The molecule has 19 heavy (non-hydrogen) atoms. The van der Waals surface area contributed by atoms with E-state index in [4.69, 9.17) is 22.4 Å². The van der Waals surface area contributed by atoms with Crippen LogP contribution < -0.4 is 11.1 Å². The standard InChI is InChI=1S/C13H10ClFN2O2/c14-7-1-3-12(10(16)5-7)17-11-4-2-8(15)6-9(11)13(18)19/h1-6,17H,16H2,(H,18,19). The summed E-state index contributed by atoms with van der Waals surface area (Å²) in [5.41, 5.74) is 6.70. The molecule has 0 fully saturated rings. The fourth-order valence-electron chi connectivity index (χ4n) is 1.59. The Balaban J connectivity index is 2.40. The Morgan fingerprint density at radius 2 is 1.89 bits per heavy atom. The van der Waals surface area contributed by atoms with Crippen LogP contribution in [0.1, 0.15) is 10.4 Å². The van der Waals surface area contributed by atoms with Crippen LogP contribution in [0.2, 0.25) is 5.02 Å². The van der Waals surface area contributed by atoms with Gasteiger partial charge in [-0.1, -0.05) is 11.6 Å². The first-order valence-corrected chi connectivity index (χ1v) is 5.70. The van der Waals surface area contributed by atoms with E-state index in [9.17, 15) is 9.18 Å². The number of hydrogen-bond donors (Lipinski definition) is 3. The van der Waals surface area contributed by atoms with Crippen molar-refractivity contribution in [2.45, 2.75) is 0 Å². The van der Waals surface area contributed by atoms with Gasteiger partial charge in [-0.25, -0.2) is 9.18 Å². The van der Waals surface area contributed by atoms with E-state index in [-0.39, 0.29) is 11.3 Å². The lowest BCUT2D eigenvalue weighted by Crippen LogP contribution is -2.04. The number of nitrogen functional groups attached to an aromatic ring is 1. The Kier molecular flexibility index (Phi) is 3.57. The molecular formula is C13H10ClFN2O2. The number of rotatable bonds is 3. The number of carboxylic acids is 1. The minimum absolute atomic E-state index is 0.172. The lowest BCUT2D eigenvalue weighted by Gasteiger charge is -2.12. The molecule has 0 heterocycles. The summed E-state index contributed by atoms with van der Waals surface area (Å²) in [6.45, 7) is 0. The van der Waals surface area contributed by atoms with Crippen LogP contribution in [-0.4, -0.2) is 11.1 Å². The molecule has 0 aliphatic rings. The Bertz CT molecular complexity index is 647. The van der Waals surface area contributed by atoms with Crippen LogP contribution in [0.3, 0.4) is 0 Å². The first-order valence-electron chi connectivity index (χ1n) is 5.32. The Morgan fingerprint density at radius 1 is 1.21 bits per heavy atom. The van der Waals surface area contributed by atoms with Crippen LogP contribution in [0.5, 0.6) is 0 Å². The molecule has 0 aliphatic heterocycles. The summed E-state index contributed by atoms with van der Waals surface area (Å²) in [4.78, 5) is 11.0. The highest BCUT2D eigenvalue weighted by atomic mass is 35.5. The Hall–Kier alpha value is -2.27. The van der Waals surface area contributed by atoms with Crippen LogP contribution in [0, 0.1) is 5.82 Å². The van der Waals surface area contributed by atoms with Gasteiger partial charge in [0.1, 0.15) is 5.82 Å². The molecule has 6 heteroatoms. The van der Waals surface area contributed by atoms with Gasteiger partial charge in [0.15, 0.2) is 0 Å². The number of nitrogens with two attached hydrogens (primary N) is 1. The van der Waals surface area contributed by atoms with Crippen molar-refractivity contribution in [3.8, 4) is 0 Å². The van der Waals surface area contributed by atoms with Crippen LogP contribution >= 0.6 is 11.6 Å². The second-order valence-corrected chi connectivity index (χ2v) is 4.29. The van der Waals surface area contributed by atoms with Gasteiger partial charge in [-0.3, -0.25) is 0 Å². The molecule has 0 aliphatic carbocycles. The number of carbonyl (C=O) groups is 1. The minimum atomic E-state index is -1.23. The van der Waals surface area contributed by atoms with Crippen molar-refractivity contribution in [1.82, 2.24) is 0 Å². The van der Waals surface area contributed by atoms with Gasteiger partial charge in [0, 0.05) is 5.02 Å². The zero-order valence-electron chi connectivity index (χ0n) is 9.65. The van der Waals surface area contributed by atoms with Crippen LogP contribution in [0.25, 0.3) is 0 Å². The maximum Gasteiger partial charge on any atom is 0.337 e. The topological polar surface area (TPSA) is 75.3 Å². The SMILES string of the molecule is Nc1cc(Cl)ccc1Nc1ccc(F)cc1C(=O)O. The fourth-order valence-corrected chi connectivity index (χ4v) is 1.78. The van der Waals surface area contributed by atoms with E-state index in [1.807, 2.05) is 0 Å². The normalized spacial score (nSPS) is 10.2. The number of halogens is 2. The van der Waals surface area contributed by atoms with Crippen LogP contribution in [0.15, 0.2) is 36.4 Å². The monoisotopic (exact) mass is 280 g/mol. The van der Waals surface area contributed by atoms with Crippen molar-refractivity contribution < 1.29 is 14.3 Å². The second-order valence-electron chi connectivity index (χ2n) is 3.85. The molecule has 0 unspecified atom stereocenters. The smallest absolute Gasteiger partial charge is 0.337 e. The quantitative estimate of drug-likeness (QED) is 0.752. The summed E-state index contributed by atoms with van der Waals surface area (Å²) in [5, 5.41) is 12.3. The lowest BCUT2D eigenvalue weighted by atomic mass is 10.1. The summed E-state index contributed by atoms with van der Waals surface area (Å²) in [5.74, 6) is -1.85. The zero-order chi connectivity index (χ0) is 14.0. The van der Waals surface area contributed by atoms with Crippen LogP contribution in [-0.2, 0) is 0 Å². The van der Waals surface area contributed by atoms with Crippen molar-refractivity contribution >= 4 is 34.6 Å². The molecule has 0 saturated carbocycles. The van der Waals surface area contributed by atoms with Crippen molar-refractivity contribution in [3.63, 3.8) is 0 Å². The molecule has 4 nitrogen and oxygen atoms in total. The highest BCUT2D eigenvalue weighted by molar-refractivity contribution is 6.31. The summed E-state index contributed by atoms with van der Waals surface area (Å²) in [6, 6.07) is 8.22. The number of benzene rings is 2. The molecule has 0 amide bonds. The molecule has 2 aromatic rings. The van der Waals surface area contributed by atoms with E-state index >= 15 is 0 Å². The van der Waals surface area contributed by atoms with E-state index in [1.165, 1.54) is 18.2 Å². The molecule has 0 spiro atoms. The van der Waals surface area contributed by atoms with Crippen molar-refractivity contribution in [2.75, 3.05) is 11.1 Å². The first kappa shape index (κ1) is 13.2. The summed E-state index contributed by atoms with van der Waals surface area (Å²) in [6.07, 6.45) is 0. The minimum Gasteiger partial charge on any atom is -0.478 e. The maximum atomic E-state index is 13.0. The third-order valence-electron chi connectivity index (χ3n) is 2.49. The highest BCUT2D eigenvalue weighted by Gasteiger charge is 2.12. The zero-order valence-corrected chi connectivity index (χ0v) is 10.4. The molecule has 2 aromatic carbocycles. The number of anilines is 3. The van der Waals surface area contributed by atoms with E-state index in [2.05, 4.69) is 5.32 Å². The van der Waals surface area contributed by atoms with Gasteiger partial charge >= 0.3 is 5.97 Å². The average molecular weight is 281 g/mol. The molecule has 0 atom stereocenters. The molecule has 98 valence electrons. The second kappa shape index (κ2) is 5.16. The van der Waals surface area contributed by atoms with Gasteiger partial charge in [-0.15, -0.1) is 0 Å². The predicted octanol–water partition coefficient (Wildman–Crippen LogP) is 3.50. The third-order valence-corrected chi connectivity index (χ3v) is 2.73. The molecular weight excluding hydrogens is 271 g/mol. The molecule has 0 radical (unpaired) electrons. The first-order chi connectivity index (χ1) is 8.97. The van der Waals surface area contributed by atoms with E-state index in [0.717, 1.165) is 6.07 Å². The van der Waals surface area contributed by atoms with Gasteiger partial charge in [-0.05, 0) is 36.4 Å². The highest BCUT2D eigenvalue weighted by Crippen LogP contribution is 2.28. The van der Waals surface area contributed by atoms with Crippen molar-refractivity contribution in [3.05, 3.63) is 52.8 Å².